The molecule has 6 heteroatoms. The molecule has 0 aliphatic heterocycles. The van der Waals surface area contributed by atoms with Crippen molar-refractivity contribution >= 4 is 15.9 Å². The second-order valence-electron chi connectivity index (χ2n) is 3.12. The smallest absolute Gasteiger partial charge is 0.387 e. The highest BCUT2D eigenvalue weighted by atomic mass is 79.9. The van der Waals surface area contributed by atoms with Gasteiger partial charge in [-0.3, -0.25) is 0 Å². The van der Waals surface area contributed by atoms with Gasteiger partial charge in [0.05, 0.1) is 4.47 Å². The maximum Gasteiger partial charge on any atom is 0.387 e. The topological polar surface area (TPSA) is 35.0 Å². The van der Waals surface area contributed by atoms with Crippen molar-refractivity contribution in [2.75, 3.05) is 0 Å². The lowest BCUT2D eigenvalue weighted by Gasteiger charge is -2.11. The van der Waals surface area contributed by atoms with E-state index in [1.807, 2.05) is 0 Å². The number of ether oxygens (including phenoxy) is 1. The van der Waals surface area contributed by atoms with E-state index in [0.29, 0.717) is 15.6 Å². The average Bonchev–Trinajstić information content (AvgIpc) is 2.32. The summed E-state index contributed by atoms with van der Waals surface area (Å²) in [5.74, 6) is 0.0808. The van der Waals surface area contributed by atoms with Crippen LogP contribution in [0.4, 0.5) is 8.78 Å². The Morgan fingerprint density at radius 2 is 1.88 bits per heavy atom. The number of nitrogens with zero attached hydrogens (tertiary/aromatic N) is 2. The summed E-state index contributed by atoms with van der Waals surface area (Å²) in [4.78, 5) is 7.68. The van der Waals surface area contributed by atoms with Crippen molar-refractivity contribution in [3.05, 3.63) is 41.4 Å². The van der Waals surface area contributed by atoms with Crippen molar-refractivity contribution < 1.29 is 13.5 Å². The molecule has 0 amide bonds. The molecule has 1 aromatic carbocycles. The van der Waals surface area contributed by atoms with E-state index < -0.39 is 6.61 Å². The average molecular weight is 301 g/mol. The molecular weight excluding hydrogens is 294 g/mol. The summed E-state index contributed by atoms with van der Waals surface area (Å²) in [6.07, 6.45) is 4.44. The molecule has 1 aromatic heterocycles. The molecule has 0 aliphatic rings. The second kappa shape index (κ2) is 5.18. The first kappa shape index (κ1) is 11.9. The number of hydrogen-bond donors (Lipinski definition) is 0. The van der Waals surface area contributed by atoms with Crippen LogP contribution < -0.4 is 4.74 Å². The Hall–Kier alpha value is -1.56. The van der Waals surface area contributed by atoms with Gasteiger partial charge in [-0.2, -0.15) is 8.78 Å². The van der Waals surface area contributed by atoms with Gasteiger partial charge in [0, 0.05) is 23.5 Å². The summed E-state index contributed by atoms with van der Waals surface area (Å²) in [7, 11) is 0. The van der Waals surface area contributed by atoms with E-state index in [0.717, 1.165) is 0 Å². The summed E-state index contributed by atoms with van der Waals surface area (Å²) < 4.78 is 29.6. The molecule has 0 saturated heterocycles. The van der Waals surface area contributed by atoms with Crippen LogP contribution in [0.25, 0.3) is 11.1 Å². The minimum absolute atomic E-state index is 0.0808. The lowest BCUT2D eigenvalue weighted by molar-refractivity contribution is -0.0499. The molecule has 2 aromatic rings. The van der Waals surface area contributed by atoms with Crippen LogP contribution in [0, 0.1) is 0 Å². The Morgan fingerprint density at radius 1 is 1.18 bits per heavy atom. The van der Waals surface area contributed by atoms with Gasteiger partial charge in [0.1, 0.15) is 12.1 Å². The largest absolute Gasteiger partial charge is 0.433 e. The van der Waals surface area contributed by atoms with Gasteiger partial charge in [0.25, 0.3) is 0 Å². The minimum Gasteiger partial charge on any atom is -0.433 e. The van der Waals surface area contributed by atoms with Crippen molar-refractivity contribution in [3.8, 4) is 16.9 Å². The van der Waals surface area contributed by atoms with E-state index >= 15 is 0 Å². The maximum atomic E-state index is 12.3. The predicted molar refractivity (Wildman–Crippen MR) is 61.8 cm³/mol. The molecule has 0 radical (unpaired) electrons. The molecule has 0 spiro atoms. The van der Waals surface area contributed by atoms with Gasteiger partial charge in [-0.1, -0.05) is 12.1 Å². The molecule has 0 fully saturated rings. The molecular formula is C11H7BrF2N2O. The molecule has 0 aliphatic carbocycles. The van der Waals surface area contributed by atoms with Crippen molar-refractivity contribution in [3.63, 3.8) is 0 Å². The van der Waals surface area contributed by atoms with Crippen LogP contribution in [0.3, 0.4) is 0 Å². The SMILES string of the molecule is FC(F)Oc1c(Br)cccc1-c1cncnc1. The van der Waals surface area contributed by atoms with Gasteiger partial charge in [-0.05, 0) is 22.0 Å². The third kappa shape index (κ3) is 2.76. The molecule has 2 rings (SSSR count). The molecule has 0 bridgehead atoms. The Balaban J connectivity index is 2.50. The van der Waals surface area contributed by atoms with Crippen LogP contribution in [-0.2, 0) is 0 Å². The summed E-state index contributed by atoms with van der Waals surface area (Å²) >= 11 is 3.17. The van der Waals surface area contributed by atoms with Crippen LogP contribution in [0.1, 0.15) is 0 Å². The highest BCUT2D eigenvalue weighted by Gasteiger charge is 2.14. The van der Waals surface area contributed by atoms with E-state index in [4.69, 9.17) is 0 Å². The minimum atomic E-state index is -2.88. The Bertz CT molecular complexity index is 508. The van der Waals surface area contributed by atoms with Crippen molar-refractivity contribution in [1.82, 2.24) is 9.97 Å². The molecule has 0 unspecified atom stereocenters. The Morgan fingerprint density at radius 3 is 2.53 bits per heavy atom. The molecule has 17 heavy (non-hydrogen) atoms. The highest BCUT2D eigenvalue weighted by Crippen LogP contribution is 2.36. The lowest BCUT2D eigenvalue weighted by atomic mass is 10.1. The second-order valence-corrected chi connectivity index (χ2v) is 3.98. The molecule has 0 N–H and O–H groups in total. The van der Waals surface area contributed by atoms with Crippen LogP contribution in [0.2, 0.25) is 0 Å². The van der Waals surface area contributed by atoms with E-state index in [1.165, 1.54) is 18.7 Å². The third-order valence-electron chi connectivity index (χ3n) is 2.05. The summed E-state index contributed by atoms with van der Waals surface area (Å²) in [6.45, 7) is -2.88. The Kier molecular flexibility index (Phi) is 3.63. The van der Waals surface area contributed by atoms with E-state index in [-0.39, 0.29) is 5.75 Å². The monoisotopic (exact) mass is 300 g/mol. The third-order valence-corrected chi connectivity index (χ3v) is 2.67. The number of rotatable bonds is 3. The fraction of sp³-hybridized carbons (Fsp3) is 0.0909. The molecule has 0 saturated carbocycles. The summed E-state index contributed by atoms with van der Waals surface area (Å²) in [6, 6.07) is 5.02. The fourth-order valence-electron chi connectivity index (χ4n) is 1.38. The van der Waals surface area contributed by atoms with Crippen molar-refractivity contribution in [2.24, 2.45) is 0 Å². The molecule has 3 nitrogen and oxygen atoms in total. The zero-order valence-electron chi connectivity index (χ0n) is 8.48. The first-order valence-corrected chi connectivity index (χ1v) is 5.46. The molecule has 0 atom stereocenters. The van der Waals surface area contributed by atoms with E-state index in [1.54, 1.807) is 18.2 Å². The van der Waals surface area contributed by atoms with Gasteiger partial charge >= 0.3 is 6.61 Å². The fourth-order valence-corrected chi connectivity index (χ4v) is 1.84. The summed E-state index contributed by atoms with van der Waals surface area (Å²) in [5.41, 5.74) is 1.13. The van der Waals surface area contributed by atoms with Crippen molar-refractivity contribution in [2.45, 2.75) is 6.61 Å². The lowest BCUT2D eigenvalue weighted by Crippen LogP contribution is -2.04. The number of hydrogen-bond acceptors (Lipinski definition) is 3. The first-order valence-electron chi connectivity index (χ1n) is 4.67. The number of aromatic nitrogens is 2. The van der Waals surface area contributed by atoms with Crippen LogP contribution >= 0.6 is 15.9 Å². The van der Waals surface area contributed by atoms with Crippen molar-refractivity contribution in [1.29, 1.82) is 0 Å². The number of para-hydroxylation sites is 1. The standard InChI is InChI=1S/C11H7BrF2N2O/c12-9-3-1-2-8(10(9)17-11(13)14)7-4-15-6-16-5-7/h1-6,11H. The number of halogens is 3. The summed E-state index contributed by atoms with van der Waals surface area (Å²) in [5, 5.41) is 0. The maximum absolute atomic E-state index is 12.3. The quantitative estimate of drug-likeness (QED) is 0.870. The Labute approximate surface area is 105 Å². The van der Waals surface area contributed by atoms with Crippen LogP contribution in [0.15, 0.2) is 41.4 Å². The van der Waals surface area contributed by atoms with Crippen LogP contribution in [0.5, 0.6) is 5.75 Å². The van der Waals surface area contributed by atoms with Gasteiger partial charge < -0.3 is 4.74 Å². The highest BCUT2D eigenvalue weighted by molar-refractivity contribution is 9.10. The first-order chi connectivity index (χ1) is 8.18. The van der Waals surface area contributed by atoms with Gasteiger partial charge in [-0.25, -0.2) is 9.97 Å². The van der Waals surface area contributed by atoms with E-state index in [2.05, 4.69) is 30.6 Å². The molecule has 1 heterocycles. The van der Waals surface area contributed by atoms with Gasteiger partial charge in [0.2, 0.25) is 0 Å². The van der Waals surface area contributed by atoms with E-state index in [9.17, 15) is 8.78 Å². The normalized spacial score (nSPS) is 10.6. The predicted octanol–water partition coefficient (Wildman–Crippen LogP) is 3.51. The zero-order valence-corrected chi connectivity index (χ0v) is 10.1. The van der Waals surface area contributed by atoms with Crippen LogP contribution in [-0.4, -0.2) is 16.6 Å². The molecule has 88 valence electrons. The van der Waals surface area contributed by atoms with Gasteiger partial charge in [0.15, 0.2) is 0 Å². The number of benzene rings is 1. The van der Waals surface area contributed by atoms with Gasteiger partial charge in [-0.15, -0.1) is 0 Å². The zero-order chi connectivity index (χ0) is 12.3. The number of alkyl halides is 2.